The maximum atomic E-state index is 12.5. The summed E-state index contributed by atoms with van der Waals surface area (Å²) in [4.78, 5) is 8.13. The fourth-order valence-corrected chi connectivity index (χ4v) is 4.00. The van der Waals surface area contributed by atoms with Gasteiger partial charge in [0, 0.05) is 51.9 Å². The number of nitrogens with one attached hydrogen (secondary N) is 2. The van der Waals surface area contributed by atoms with Gasteiger partial charge in [-0.3, -0.25) is 14.8 Å². The van der Waals surface area contributed by atoms with Gasteiger partial charge < -0.3 is 10.6 Å². The average Bonchev–Trinajstić information content (AvgIpc) is 3.09. The molecule has 1 saturated heterocycles. The average molecular weight is 397 g/mol. The molecule has 2 aliphatic rings. The van der Waals surface area contributed by atoms with E-state index in [0.717, 1.165) is 26.1 Å². The van der Waals surface area contributed by atoms with Crippen molar-refractivity contribution >= 4 is 5.96 Å². The van der Waals surface area contributed by atoms with Crippen LogP contribution in [0.4, 0.5) is 13.2 Å². The highest BCUT2D eigenvalue weighted by atomic mass is 19.4. The van der Waals surface area contributed by atoms with Crippen LogP contribution in [0.1, 0.15) is 24.5 Å². The molecule has 0 spiro atoms. The van der Waals surface area contributed by atoms with E-state index in [4.69, 9.17) is 0 Å². The highest BCUT2D eigenvalue weighted by molar-refractivity contribution is 5.80. The second kappa shape index (κ2) is 9.13. The van der Waals surface area contributed by atoms with Gasteiger partial charge in [0.05, 0.1) is 6.54 Å². The highest BCUT2D eigenvalue weighted by Crippen LogP contribution is 2.21. The van der Waals surface area contributed by atoms with Crippen LogP contribution in [0.3, 0.4) is 0 Å². The number of hydrogen-bond acceptors (Lipinski definition) is 3. The van der Waals surface area contributed by atoms with Crippen molar-refractivity contribution < 1.29 is 13.2 Å². The van der Waals surface area contributed by atoms with Gasteiger partial charge in [-0.1, -0.05) is 24.3 Å². The van der Waals surface area contributed by atoms with Crippen LogP contribution in [0.25, 0.3) is 0 Å². The predicted octanol–water partition coefficient (Wildman–Crippen LogP) is 2.23. The van der Waals surface area contributed by atoms with Crippen LogP contribution in [-0.4, -0.2) is 73.8 Å². The Labute approximate surface area is 165 Å². The Kier molecular flexibility index (Phi) is 6.82. The number of fused-ring (bicyclic) bond motifs is 1. The standard InChI is InChI=1S/C20H30F3N5/c1-15(28-10-7-16-5-3-4-6-17(16)12-28)11-25-19(24-2)26-18-8-9-27(13-18)14-20(21,22)23/h3-6,15,18H,7-14H2,1-2H3,(H2,24,25,26). The summed E-state index contributed by atoms with van der Waals surface area (Å²) in [6.07, 6.45) is -2.39. The van der Waals surface area contributed by atoms with Crippen molar-refractivity contribution in [1.29, 1.82) is 0 Å². The van der Waals surface area contributed by atoms with E-state index >= 15 is 0 Å². The summed E-state index contributed by atoms with van der Waals surface area (Å²) in [6.45, 7) is 4.90. The van der Waals surface area contributed by atoms with Crippen LogP contribution in [0.5, 0.6) is 0 Å². The Morgan fingerprint density at radius 1 is 1.25 bits per heavy atom. The van der Waals surface area contributed by atoms with Crippen molar-refractivity contribution in [3.8, 4) is 0 Å². The summed E-state index contributed by atoms with van der Waals surface area (Å²) < 4.78 is 37.6. The van der Waals surface area contributed by atoms with Gasteiger partial charge in [-0.2, -0.15) is 13.2 Å². The fourth-order valence-electron chi connectivity index (χ4n) is 4.00. The van der Waals surface area contributed by atoms with E-state index in [1.807, 2.05) is 0 Å². The van der Waals surface area contributed by atoms with E-state index in [1.165, 1.54) is 16.0 Å². The zero-order valence-electron chi connectivity index (χ0n) is 16.6. The first kappa shape index (κ1) is 20.9. The molecule has 2 atom stereocenters. The Bertz CT molecular complexity index is 676. The molecule has 156 valence electrons. The number of nitrogens with zero attached hydrogens (tertiary/aromatic N) is 3. The lowest BCUT2D eigenvalue weighted by molar-refractivity contribution is -0.143. The smallest absolute Gasteiger partial charge is 0.355 e. The second-order valence-electron chi connectivity index (χ2n) is 7.77. The monoisotopic (exact) mass is 397 g/mol. The summed E-state index contributed by atoms with van der Waals surface area (Å²) in [6, 6.07) is 8.89. The van der Waals surface area contributed by atoms with Gasteiger partial charge in [0.25, 0.3) is 0 Å². The molecular weight excluding hydrogens is 367 g/mol. The lowest BCUT2D eigenvalue weighted by Crippen LogP contribution is -2.50. The Balaban J connectivity index is 1.43. The number of likely N-dealkylation sites (tertiary alicyclic amines) is 1. The molecule has 1 aromatic rings. The Morgan fingerprint density at radius 3 is 2.71 bits per heavy atom. The van der Waals surface area contributed by atoms with Crippen molar-refractivity contribution in [2.45, 2.75) is 44.6 Å². The number of aliphatic imine (C=N–C) groups is 1. The van der Waals surface area contributed by atoms with Crippen molar-refractivity contribution in [3.05, 3.63) is 35.4 Å². The molecule has 2 unspecified atom stereocenters. The molecule has 5 nitrogen and oxygen atoms in total. The number of hydrogen-bond donors (Lipinski definition) is 2. The molecule has 0 saturated carbocycles. The van der Waals surface area contributed by atoms with Gasteiger partial charge >= 0.3 is 6.18 Å². The maximum absolute atomic E-state index is 12.5. The topological polar surface area (TPSA) is 42.9 Å². The largest absolute Gasteiger partial charge is 0.401 e. The molecule has 3 rings (SSSR count). The van der Waals surface area contributed by atoms with Gasteiger partial charge in [-0.05, 0) is 30.9 Å². The quantitative estimate of drug-likeness (QED) is 0.591. The van der Waals surface area contributed by atoms with E-state index in [-0.39, 0.29) is 6.04 Å². The zero-order chi connectivity index (χ0) is 20.1. The van der Waals surface area contributed by atoms with Gasteiger partial charge in [-0.25, -0.2) is 0 Å². The summed E-state index contributed by atoms with van der Waals surface area (Å²) in [5.41, 5.74) is 2.82. The normalized spacial score (nSPS) is 22.8. The molecule has 0 aliphatic carbocycles. The molecule has 2 heterocycles. The van der Waals surface area contributed by atoms with Crippen molar-refractivity contribution in [2.75, 3.05) is 39.8 Å². The molecule has 0 bridgehead atoms. The molecule has 8 heteroatoms. The van der Waals surface area contributed by atoms with Crippen LogP contribution in [0.2, 0.25) is 0 Å². The minimum atomic E-state index is -4.14. The van der Waals surface area contributed by atoms with Gasteiger partial charge in [-0.15, -0.1) is 0 Å². The van der Waals surface area contributed by atoms with Gasteiger partial charge in [0.1, 0.15) is 0 Å². The van der Waals surface area contributed by atoms with Crippen LogP contribution in [0.15, 0.2) is 29.3 Å². The number of halogens is 3. The van der Waals surface area contributed by atoms with Gasteiger partial charge in [0.15, 0.2) is 5.96 Å². The lowest BCUT2D eigenvalue weighted by atomic mass is 9.99. The first-order valence-corrected chi connectivity index (χ1v) is 9.91. The van der Waals surface area contributed by atoms with E-state index in [2.05, 4.69) is 51.7 Å². The van der Waals surface area contributed by atoms with Crippen molar-refractivity contribution in [3.63, 3.8) is 0 Å². The molecular formula is C20H30F3N5. The maximum Gasteiger partial charge on any atom is 0.401 e. The van der Waals surface area contributed by atoms with Crippen LogP contribution >= 0.6 is 0 Å². The molecule has 28 heavy (non-hydrogen) atoms. The lowest BCUT2D eigenvalue weighted by Gasteiger charge is -2.34. The van der Waals surface area contributed by atoms with Gasteiger partial charge in [0.2, 0.25) is 0 Å². The SMILES string of the molecule is CN=C(NCC(C)N1CCc2ccccc2C1)NC1CCN(CC(F)(F)F)C1. The molecule has 1 fully saturated rings. The summed E-state index contributed by atoms with van der Waals surface area (Å²) in [5, 5.41) is 6.60. The number of benzene rings is 1. The molecule has 2 N–H and O–H groups in total. The number of rotatable bonds is 5. The van der Waals surface area contributed by atoms with E-state index in [9.17, 15) is 13.2 Å². The Hall–Kier alpha value is -1.80. The molecule has 0 radical (unpaired) electrons. The highest BCUT2D eigenvalue weighted by Gasteiger charge is 2.34. The van der Waals surface area contributed by atoms with Crippen LogP contribution in [0, 0.1) is 0 Å². The fraction of sp³-hybridized carbons (Fsp3) is 0.650. The molecule has 1 aromatic carbocycles. The third kappa shape index (κ3) is 5.85. The zero-order valence-corrected chi connectivity index (χ0v) is 16.6. The number of guanidine groups is 1. The molecule has 0 aromatic heterocycles. The third-order valence-corrected chi connectivity index (χ3v) is 5.59. The summed E-state index contributed by atoms with van der Waals surface area (Å²) in [7, 11) is 1.69. The van der Waals surface area contributed by atoms with E-state index < -0.39 is 12.7 Å². The van der Waals surface area contributed by atoms with Crippen LogP contribution < -0.4 is 10.6 Å². The third-order valence-electron chi connectivity index (χ3n) is 5.59. The second-order valence-corrected chi connectivity index (χ2v) is 7.77. The van der Waals surface area contributed by atoms with Crippen molar-refractivity contribution in [1.82, 2.24) is 20.4 Å². The molecule has 0 amide bonds. The number of alkyl halides is 3. The predicted molar refractivity (Wildman–Crippen MR) is 105 cm³/mol. The molecule has 2 aliphatic heterocycles. The van der Waals surface area contributed by atoms with E-state index in [1.54, 1.807) is 7.05 Å². The minimum Gasteiger partial charge on any atom is -0.355 e. The first-order chi connectivity index (χ1) is 13.3. The Morgan fingerprint density at radius 2 is 2.00 bits per heavy atom. The van der Waals surface area contributed by atoms with E-state index in [0.29, 0.717) is 31.5 Å². The first-order valence-electron chi connectivity index (χ1n) is 9.91. The van der Waals surface area contributed by atoms with Crippen LogP contribution in [-0.2, 0) is 13.0 Å². The minimum absolute atomic E-state index is 0.00859. The summed E-state index contributed by atoms with van der Waals surface area (Å²) >= 11 is 0. The van der Waals surface area contributed by atoms with Crippen molar-refractivity contribution in [2.24, 2.45) is 4.99 Å². The summed E-state index contributed by atoms with van der Waals surface area (Å²) in [5.74, 6) is 0.656.